The molecular weight excluding hydrogens is 333 g/mol. The fourth-order valence-corrected chi connectivity index (χ4v) is 3.17. The van der Waals surface area contributed by atoms with Gasteiger partial charge in [-0.25, -0.2) is 14.2 Å². The number of carbonyl (C=O) groups excluding carboxylic acids is 1. The Bertz CT molecular complexity index is 884. The Morgan fingerprint density at radius 2 is 1.96 bits per heavy atom. The number of rotatable bonds is 3. The summed E-state index contributed by atoms with van der Waals surface area (Å²) in [6.07, 6.45) is 4.03. The van der Waals surface area contributed by atoms with Gasteiger partial charge in [0.2, 0.25) is 0 Å². The van der Waals surface area contributed by atoms with Gasteiger partial charge >= 0.3 is 6.03 Å². The van der Waals surface area contributed by atoms with Crippen molar-refractivity contribution in [2.45, 2.75) is 6.54 Å². The Morgan fingerprint density at radius 3 is 2.73 bits per heavy atom. The maximum atomic E-state index is 13.2. The molecule has 1 aliphatic heterocycles. The number of urea groups is 1. The number of fused-ring (bicyclic) bond motifs is 1. The zero-order valence-corrected chi connectivity index (χ0v) is 14.3. The van der Waals surface area contributed by atoms with Crippen molar-refractivity contribution in [1.82, 2.24) is 19.2 Å². The van der Waals surface area contributed by atoms with Gasteiger partial charge in [0.25, 0.3) is 0 Å². The molecule has 4 rings (SSSR count). The van der Waals surface area contributed by atoms with Crippen LogP contribution in [0.1, 0.15) is 5.69 Å². The van der Waals surface area contributed by atoms with Gasteiger partial charge in [0.15, 0.2) is 0 Å². The standard InChI is InChI=1S/C19H20FN5O/c20-15-4-3-5-16(12-15)22-19(26)24-10-8-23(9-11-24)13-17-14-25-7-2-1-6-18(25)21-17/h1-7,12,14H,8-11,13H2,(H,22,26). The summed E-state index contributed by atoms with van der Waals surface area (Å²) in [6, 6.07) is 11.7. The molecule has 6 nitrogen and oxygen atoms in total. The van der Waals surface area contributed by atoms with E-state index in [0.717, 1.165) is 31.0 Å². The van der Waals surface area contributed by atoms with E-state index < -0.39 is 0 Å². The minimum absolute atomic E-state index is 0.192. The molecule has 0 bridgehead atoms. The van der Waals surface area contributed by atoms with Crippen LogP contribution in [0.25, 0.3) is 5.65 Å². The van der Waals surface area contributed by atoms with Crippen LogP contribution < -0.4 is 5.32 Å². The van der Waals surface area contributed by atoms with Crippen LogP contribution in [0.5, 0.6) is 0 Å². The van der Waals surface area contributed by atoms with Crippen molar-refractivity contribution in [3.8, 4) is 0 Å². The molecule has 2 aromatic heterocycles. The first-order chi connectivity index (χ1) is 12.7. The van der Waals surface area contributed by atoms with E-state index in [2.05, 4.69) is 15.2 Å². The predicted octanol–water partition coefficient (Wildman–Crippen LogP) is 2.82. The minimum Gasteiger partial charge on any atom is -0.322 e. The SMILES string of the molecule is O=C(Nc1cccc(F)c1)N1CCN(Cc2cn3ccccc3n2)CC1. The summed E-state index contributed by atoms with van der Waals surface area (Å²) in [5, 5.41) is 2.75. The summed E-state index contributed by atoms with van der Waals surface area (Å²) in [6.45, 7) is 3.60. The number of nitrogens with one attached hydrogen (secondary N) is 1. The molecule has 7 heteroatoms. The molecule has 1 N–H and O–H groups in total. The fourth-order valence-electron chi connectivity index (χ4n) is 3.17. The van der Waals surface area contributed by atoms with Gasteiger partial charge in [0.1, 0.15) is 11.5 Å². The molecule has 26 heavy (non-hydrogen) atoms. The second-order valence-corrected chi connectivity index (χ2v) is 6.40. The first kappa shape index (κ1) is 16.5. The highest BCUT2D eigenvalue weighted by atomic mass is 19.1. The van der Waals surface area contributed by atoms with Crippen LogP contribution in [-0.4, -0.2) is 51.4 Å². The van der Waals surface area contributed by atoms with Crippen LogP contribution in [0.2, 0.25) is 0 Å². The third kappa shape index (κ3) is 3.67. The number of amides is 2. The van der Waals surface area contributed by atoms with E-state index in [1.165, 1.54) is 12.1 Å². The highest BCUT2D eigenvalue weighted by molar-refractivity contribution is 5.89. The Labute approximate surface area is 150 Å². The van der Waals surface area contributed by atoms with E-state index in [1.807, 2.05) is 35.0 Å². The van der Waals surface area contributed by atoms with Crippen molar-refractivity contribution in [2.24, 2.45) is 0 Å². The number of hydrogen-bond acceptors (Lipinski definition) is 3. The first-order valence-electron chi connectivity index (χ1n) is 8.64. The van der Waals surface area contributed by atoms with Gasteiger partial charge in [0, 0.05) is 50.8 Å². The molecule has 1 saturated heterocycles. The number of aromatic nitrogens is 2. The highest BCUT2D eigenvalue weighted by Crippen LogP contribution is 2.13. The van der Waals surface area contributed by atoms with Crippen LogP contribution >= 0.6 is 0 Å². The van der Waals surface area contributed by atoms with E-state index in [1.54, 1.807) is 17.0 Å². The molecular formula is C19H20FN5O. The number of halogens is 1. The average molecular weight is 353 g/mol. The fraction of sp³-hybridized carbons (Fsp3) is 0.263. The number of nitrogens with zero attached hydrogens (tertiary/aromatic N) is 4. The van der Waals surface area contributed by atoms with Gasteiger partial charge in [-0.05, 0) is 30.3 Å². The summed E-state index contributed by atoms with van der Waals surface area (Å²) in [5.41, 5.74) is 2.44. The van der Waals surface area contributed by atoms with Gasteiger partial charge in [-0.15, -0.1) is 0 Å². The van der Waals surface area contributed by atoms with Crippen LogP contribution in [0.4, 0.5) is 14.9 Å². The Hall–Kier alpha value is -2.93. The van der Waals surface area contributed by atoms with Gasteiger partial charge in [-0.2, -0.15) is 0 Å². The maximum absolute atomic E-state index is 13.2. The number of benzene rings is 1. The minimum atomic E-state index is -0.361. The smallest absolute Gasteiger partial charge is 0.321 e. The second kappa shape index (κ2) is 7.13. The lowest BCUT2D eigenvalue weighted by Gasteiger charge is -2.34. The maximum Gasteiger partial charge on any atom is 0.321 e. The first-order valence-corrected chi connectivity index (χ1v) is 8.64. The largest absolute Gasteiger partial charge is 0.322 e. The molecule has 0 aliphatic carbocycles. The van der Waals surface area contributed by atoms with Crippen molar-refractivity contribution in [3.63, 3.8) is 0 Å². The van der Waals surface area contributed by atoms with Crippen LogP contribution in [-0.2, 0) is 6.54 Å². The molecule has 0 saturated carbocycles. The molecule has 2 amide bonds. The third-order valence-corrected chi connectivity index (χ3v) is 4.53. The quantitative estimate of drug-likeness (QED) is 0.788. The molecule has 134 valence electrons. The number of carbonyl (C=O) groups is 1. The van der Waals surface area contributed by atoms with Crippen molar-refractivity contribution in [3.05, 3.63) is 66.4 Å². The average Bonchev–Trinajstić information content (AvgIpc) is 3.04. The Morgan fingerprint density at radius 1 is 1.12 bits per heavy atom. The zero-order valence-electron chi connectivity index (χ0n) is 14.3. The zero-order chi connectivity index (χ0) is 17.9. The van der Waals surface area contributed by atoms with Crippen molar-refractivity contribution >= 4 is 17.4 Å². The molecule has 1 fully saturated rings. The molecule has 3 heterocycles. The van der Waals surface area contributed by atoms with Gasteiger partial charge < -0.3 is 14.6 Å². The van der Waals surface area contributed by atoms with Gasteiger partial charge in [0.05, 0.1) is 5.69 Å². The number of piperazine rings is 1. The molecule has 0 unspecified atom stereocenters. The molecule has 1 aliphatic rings. The lowest BCUT2D eigenvalue weighted by atomic mass is 10.3. The van der Waals surface area contributed by atoms with E-state index >= 15 is 0 Å². The third-order valence-electron chi connectivity index (χ3n) is 4.53. The van der Waals surface area contributed by atoms with Crippen LogP contribution in [0, 0.1) is 5.82 Å². The van der Waals surface area contributed by atoms with E-state index in [4.69, 9.17) is 0 Å². The van der Waals surface area contributed by atoms with Crippen LogP contribution in [0.3, 0.4) is 0 Å². The van der Waals surface area contributed by atoms with Crippen molar-refractivity contribution < 1.29 is 9.18 Å². The molecule has 3 aromatic rings. The molecule has 0 radical (unpaired) electrons. The lowest BCUT2D eigenvalue weighted by molar-refractivity contribution is 0.142. The predicted molar refractivity (Wildman–Crippen MR) is 97.5 cm³/mol. The summed E-state index contributed by atoms with van der Waals surface area (Å²) in [4.78, 5) is 21.0. The normalized spacial score (nSPS) is 15.3. The summed E-state index contributed by atoms with van der Waals surface area (Å²) in [5.74, 6) is -0.361. The summed E-state index contributed by atoms with van der Waals surface area (Å²) >= 11 is 0. The number of pyridine rings is 1. The molecule has 1 aromatic carbocycles. The number of hydrogen-bond donors (Lipinski definition) is 1. The summed E-state index contributed by atoms with van der Waals surface area (Å²) in [7, 11) is 0. The van der Waals surface area contributed by atoms with Crippen molar-refractivity contribution in [1.29, 1.82) is 0 Å². The number of imidazole rings is 1. The topological polar surface area (TPSA) is 52.9 Å². The Balaban J connectivity index is 1.31. The summed E-state index contributed by atoms with van der Waals surface area (Å²) < 4.78 is 15.2. The van der Waals surface area contributed by atoms with E-state index in [0.29, 0.717) is 18.8 Å². The van der Waals surface area contributed by atoms with Crippen LogP contribution in [0.15, 0.2) is 54.9 Å². The molecule has 0 atom stereocenters. The van der Waals surface area contributed by atoms with E-state index in [9.17, 15) is 9.18 Å². The van der Waals surface area contributed by atoms with Gasteiger partial charge in [-0.1, -0.05) is 12.1 Å². The van der Waals surface area contributed by atoms with Gasteiger partial charge in [-0.3, -0.25) is 4.90 Å². The Kier molecular flexibility index (Phi) is 4.53. The highest BCUT2D eigenvalue weighted by Gasteiger charge is 2.21. The van der Waals surface area contributed by atoms with E-state index in [-0.39, 0.29) is 11.8 Å². The number of anilines is 1. The molecule has 0 spiro atoms. The lowest BCUT2D eigenvalue weighted by Crippen LogP contribution is -2.49. The monoisotopic (exact) mass is 353 g/mol. The second-order valence-electron chi connectivity index (χ2n) is 6.40. The van der Waals surface area contributed by atoms with Crippen molar-refractivity contribution in [2.75, 3.05) is 31.5 Å².